The Morgan fingerprint density at radius 3 is 2.38 bits per heavy atom. The molecule has 4 nitrogen and oxygen atoms in total. The van der Waals surface area contributed by atoms with Gasteiger partial charge in [0.25, 0.3) is 0 Å². The molecule has 0 bridgehead atoms. The summed E-state index contributed by atoms with van der Waals surface area (Å²) in [6, 6.07) is 0. The second kappa shape index (κ2) is 4.58. The van der Waals surface area contributed by atoms with Gasteiger partial charge < -0.3 is 10.3 Å². The summed E-state index contributed by atoms with van der Waals surface area (Å²) >= 11 is 0. The molecular weight excluding hydrogens is 190 g/mol. The van der Waals surface area contributed by atoms with Crippen LogP contribution in [-0.2, 0) is 11.8 Å². The highest BCUT2D eigenvalue weighted by Crippen LogP contribution is 2.19. The molecule has 1 rings (SSSR count). The van der Waals surface area contributed by atoms with Gasteiger partial charge in [-0.3, -0.25) is 0 Å². The summed E-state index contributed by atoms with van der Waals surface area (Å²) in [6.07, 6.45) is 0.680. The van der Waals surface area contributed by atoms with E-state index in [1.54, 1.807) is 0 Å². The molecule has 0 saturated heterocycles. The molecule has 0 aliphatic heterocycles. The minimum absolute atomic E-state index is 0. The highest BCUT2D eigenvalue weighted by atomic mass is 35.5. The SMILES string of the molecule is CC(C)(C)c1nc(CCN)no1.Cl. The lowest BCUT2D eigenvalue weighted by molar-refractivity contribution is 0.318. The fraction of sp³-hybridized carbons (Fsp3) is 0.750. The Kier molecular flexibility index (Phi) is 4.36. The molecule has 0 spiro atoms. The zero-order valence-corrected chi connectivity index (χ0v) is 9.02. The summed E-state index contributed by atoms with van der Waals surface area (Å²) in [5.41, 5.74) is 5.29. The van der Waals surface area contributed by atoms with Gasteiger partial charge in [-0.2, -0.15) is 4.98 Å². The molecule has 1 aromatic rings. The molecule has 76 valence electrons. The second-order valence-electron chi connectivity index (χ2n) is 3.80. The van der Waals surface area contributed by atoms with Crippen molar-refractivity contribution < 1.29 is 4.52 Å². The minimum atomic E-state index is -0.0696. The monoisotopic (exact) mass is 205 g/mol. The Balaban J connectivity index is 0.00000144. The molecule has 1 aromatic heterocycles. The molecule has 0 fully saturated rings. The Bertz CT molecular complexity index is 254. The van der Waals surface area contributed by atoms with Crippen LogP contribution in [0.25, 0.3) is 0 Å². The summed E-state index contributed by atoms with van der Waals surface area (Å²) in [5, 5.41) is 3.81. The van der Waals surface area contributed by atoms with Gasteiger partial charge >= 0.3 is 0 Å². The van der Waals surface area contributed by atoms with E-state index in [0.717, 1.165) is 0 Å². The van der Waals surface area contributed by atoms with Gasteiger partial charge in [0.1, 0.15) is 0 Å². The van der Waals surface area contributed by atoms with Crippen LogP contribution in [0.15, 0.2) is 4.52 Å². The predicted molar refractivity (Wildman–Crippen MR) is 53.0 cm³/mol. The molecule has 2 N–H and O–H groups in total. The van der Waals surface area contributed by atoms with Crippen molar-refractivity contribution in [1.29, 1.82) is 0 Å². The summed E-state index contributed by atoms with van der Waals surface area (Å²) in [5.74, 6) is 1.37. The molecule has 1 heterocycles. The molecule has 0 unspecified atom stereocenters. The molecule has 0 aromatic carbocycles. The molecule has 0 atom stereocenters. The molecule has 13 heavy (non-hydrogen) atoms. The lowest BCUT2D eigenvalue weighted by Crippen LogP contribution is -2.12. The van der Waals surface area contributed by atoms with Gasteiger partial charge in [0.2, 0.25) is 5.89 Å². The van der Waals surface area contributed by atoms with Gasteiger partial charge in [-0.15, -0.1) is 12.4 Å². The third kappa shape index (κ3) is 3.32. The highest BCUT2D eigenvalue weighted by molar-refractivity contribution is 5.85. The third-order valence-corrected chi connectivity index (χ3v) is 1.48. The van der Waals surface area contributed by atoms with E-state index < -0.39 is 0 Å². The van der Waals surface area contributed by atoms with E-state index >= 15 is 0 Å². The topological polar surface area (TPSA) is 64.9 Å². The molecule has 0 radical (unpaired) electrons. The Morgan fingerprint density at radius 2 is 2.00 bits per heavy atom. The number of nitrogens with two attached hydrogens (primary N) is 1. The van der Waals surface area contributed by atoms with Crippen LogP contribution in [0.3, 0.4) is 0 Å². The van der Waals surface area contributed by atoms with Crippen LogP contribution in [0.2, 0.25) is 0 Å². The smallest absolute Gasteiger partial charge is 0.232 e. The van der Waals surface area contributed by atoms with Crippen LogP contribution in [0.4, 0.5) is 0 Å². The zero-order chi connectivity index (χ0) is 9.19. The number of hydrogen-bond acceptors (Lipinski definition) is 4. The van der Waals surface area contributed by atoms with Crippen molar-refractivity contribution in [2.24, 2.45) is 5.73 Å². The highest BCUT2D eigenvalue weighted by Gasteiger charge is 2.21. The van der Waals surface area contributed by atoms with Crippen LogP contribution in [0, 0.1) is 0 Å². The normalized spacial score (nSPS) is 11.1. The first kappa shape index (κ1) is 12.4. The average molecular weight is 206 g/mol. The van der Waals surface area contributed by atoms with E-state index in [0.29, 0.717) is 24.7 Å². The lowest BCUT2D eigenvalue weighted by atomic mass is 9.97. The first-order valence-electron chi connectivity index (χ1n) is 4.07. The van der Waals surface area contributed by atoms with Gasteiger partial charge in [-0.05, 0) is 6.54 Å². The number of nitrogens with zero attached hydrogens (tertiary/aromatic N) is 2. The van der Waals surface area contributed by atoms with Crippen LogP contribution in [-0.4, -0.2) is 16.7 Å². The van der Waals surface area contributed by atoms with Crippen molar-refractivity contribution in [3.8, 4) is 0 Å². The maximum absolute atomic E-state index is 5.36. The number of rotatable bonds is 2. The summed E-state index contributed by atoms with van der Waals surface area (Å²) < 4.78 is 5.06. The maximum atomic E-state index is 5.36. The summed E-state index contributed by atoms with van der Waals surface area (Å²) in [7, 11) is 0. The Labute approximate surface area is 84.3 Å². The first-order valence-corrected chi connectivity index (χ1v) is 4.07. The second-order valence-corrected chi connectivity index (χ2v) is 3.80. The fourth-order valence-corrected chi connectivity index (χ4v) is 0.789. The van der Waals surface area contributed by atoms with Crippen molar-refractivity contribution >= 4 is 12.4 Å². The number of aromatic nitrogens is 2. The Morgan fingerprint density at radius 1 is 1.38 bits per heavy atom. The fourth-order valence-electron chi connectivity index (χ4n) is 0.789. The van der Waals surface area contributed by atoms with E-state index in [2.05, 4.69) is 10.1 Å². The van der Waals surface area contributed by atoms with Gasteiger partial charge in [0.05, 0.1) is 0 Å². The van der Waals surface area contributed by atoms with Crippen LogP contribution in [0.5, 0.6) is 0 Å². The standard InChI is InChI=1S/C8H15N3O.ClH/c1-8(2,3)7-10-6(4-5-9)11-12-7;/h4-5,9H2,1-3H3;1H. The summed E-state index contributed by atoms with van der Waals surface area (Å²) in [6.45, 7) is 6.66. The third-order valence-electron chi connectivity index (χ3n) is 1.48. The number of hydrogen-bond donors (Lipinski definition) is 1. The van der Waals surface area contributed by atoms with E-state index in [1.165, 1.54) is 0 Å². The van der Waals surface area contributed by atoms with E-state index in [1.807, 2.05) is 20.8 Å². The maximum Gasteiger partial charge on any atom is 0.232 e. The largest absolute Gasteiger partial charge is 0.339 e. The lowest BCUT2D eigenvalue weighted by Gasteiger charge is -2.10. The van der Waals surface area contributed by atoms with Crippen molar-refractivity contribution in [3.05, 3.63) is 11.7 Å². The minimum Gasteiger partial charge on any atom is -0.339 e. The average Bonchev–Trinajstić information content (AvgIpc) is 2.35. The van der Waals surface area contributed by atoms with Gasteiger partial charge in [-0.25, -0.2) is 0 Å². The van der Waals surface area contributed by atoms with Crippen molar-refractivity contribution in [3.63, 3.8) is 0 Å². The molecule has 0 aliphatic rings. The van der Waals surface area contributed by atoms with Crippen LogP contribution >= 0.6 is 12.4 Å². The molecule has 0 saturated carbocycles. The van der Waals surface area contributed by atoms with E-state index in [4.69, 9.17) is 10.3 Å². The number of halogens is 1. The van der Waals surface area contributed by atoms with E-state index in [-0.39, 0.29) is 17.8 Å². The van der Waals surface area contributed by atoms with Gasteiger partial charge in [-0.1, -0.05) is 25.9 Å². The zero-order valence-electron chi connectivity index (χ0n) is 8.20. The summed E-state index contributed by atoms with van der Waals surface area (Å²) in [4.78, 5) is 4.21. The van der Waals surface area contributed by atoms with Gasteiger partial charge in [0, 0.05) is 11.8 Å². The van der Waals surface area contributed by atoms with Crippen LogP contribution in [0.1, 0.15) is 32.5 Å². The van der Waals surface area contributed by atoms with E-state index in [9.17, 15) is 0 Å². The predicted octanol–water partition coefficient (Wildman–Crippen LogP) is 1.29. The van der Waals surface area contributed by atoms with Crippen LogP contribution < -0.4 is 5.73 Å². The Hall–Kier alpha value is -0.610. The van der Waals surface area contributed by atoms with Crippen molar-refractivity contribution in [2.75, 3.05) is 6.54 Å². The van der Waals surface area contributed by atoms with Gasteiger partial charge in [0.15, 0.2) is 5.82 Å². The molecule has 5 heteroatoms. The first-order chi connectivity index (χ1) is 5.54. The molecule has 0 aliphatic carbocycles. The molecule has 0 amide bonds. The van der Waals surface area contributed by atoms with Crippen molar-refractivity contribution in [1.82, 2.24) is 10.1 Å². The molecular formula is C8H16ClN3O. The quantitative estimate of drug-likeness (QED) is 0.790. The van der Waals surface area contributed by atoms with Crippen molar-refractivity contribution in [2.45, 2.75) is 32.6 Å².